The van der Waals surface area contributed by atoms with E-state index in [9.17, 15) is 4.79 Å². The van der Waals surface area contributed by atoms with E-state index in [1.54, 1.807) is 0 Å². The molecule has 0 saturated heterocycles. The van der Waals surface area contributed by atoms with Gasteiger partial charge < -0.3 is 15.8 Å². The molecule has 1 amide bonds. The van der Waals surface area contributed by atoms with Crippen LogP contribution in [0.2, 0.25) is 0 Å². The predicted octanol–water partition coefficient (Wildman–Crippen LogP) is 2.88. The number of para-hydroxylation sites is 1. The number of hydrogen-bond acceptors (Lipinski definition) is 3. The second-order valence-electron chi connectivity index (χ2n) is 5.13. The number of carbonyl (C=O) groups is 1. The Bertz CT molecular complexity index is 459. The molecular weight excluding hydrogens is 356 g/mol. The molecule has 1 aliphatic rings. The van der Waals surface area contributed by atoms with E-state index in [2.05, 4.69) is 21.2 Å². The number of nitrogens with two attached hydrogens (primary N) is 1. The Labute approximate surface area is 140 Å². The summed E-state index contributed by atoms with van der Waals surface area (Å²) in [7, 11) is 0. The maximum absolute atomic E-state index is 11.9. The summed E-state index contributed by atoms with van der Waals surface area (Å²) in [4.78, 5) is 11.9. The fourth-order valence-corrected chi connectivity index (χ4v) is 3.00. The molecule has 1 saturated carbocycles. The third-order valence-electron chi connectivity index (χ3n) is 3.73. The molecule has 0 bridgehead atoms. The fraction of sp³-hybridized carbons (Fsp3) is 0.533. The molecule has 1 aromatic carbocycles. The van der Waals surface area contributed by atoms with Crippen molar-refractivity contribution < 1.29 is 9.53 Å². The molecule has 21 heavy (non-hydrogen) atoms. The summed E-state index contributed by atoms with van der Waals surface area (Å²) in [5.74, 6) is 1.24. The van der Waals surface area contributed by atoms with Gasteiger partial charge in [-0.2, -0.15) is 0 Å². The monoisotopic (exact) mass is 376 g/mol. The van der Waals surface area contributed by atoms with Crippen LogP contribution < -0.4 is 15.8 Å². The van der Waals surface area contributed by atoms with E-state index >= 15 is 0 Å². The van der Waals surface area contributed by atoms with Gasteiger partial charge in [-0.25, -0.2) is 0 Å². The van der Waals surface area contributed by atoms with Crippen LogP contribution in [0.15, 0.2) is 28.7 Å². The summed E-state index contributed by atoms with van der Waals surface area (Å²) >= 11 is 3.41. The van der Waals surface area contributed by atoms with Crippen LogP contribution >= 0.6 is 28.3 Å². The van der Waals surface area contributed by atoms with Gasteiger partial charge in [0.15, 0.2) is 0 Å². The third-order valence-corrected chi connectivity index (χ3v) is 4.39. The van der Waals surface area contributed by atoms with Crippen LogP contribution in [0.4, 0.5) is 0 Å². The van der Waals surface area contributed by atoms with Crippen LogP contribution in [-0.4, -0.2) is 25.1 Å². The largest absolute Gasteiger partial charge is 0.492 e. The number of amides is 1. The number of ether oxygens (including phenoxy) is 1. The lowest BCUT2D eigenvalue weighted by atomic mass is 10.0. The first-order valence-electron chi connectivity index (χ1n) is 7.07. The average Bonchev–Trinajstić information content (AvgIpc) is 2.88. The Hall–Kier alpha value is -0.780. The SMILES string of the molecule is Cl.NCC1CCCC1NC(=O)CCOc1ccccc1Br. The minimum atomic E-state index is 0. The van der Waals surface area contributed by atoms with Crippen molar-refractivity contribution in [1.29, 1.82) is 0 Å². The fourth-order valence-electron chi connectivity index (χ4n) is 2.60. The Morgan fingerprint density at radius 2 is 2.14 bits per heavy atom. The Balaban J connectivity index is 0.00000220. The zero-order chi connectivity index (χ0) is 14.4. The molecule has 0 radical (unpaired) electrons. The van der Waals surface area contributed by atoms with E-state index < -0.39 is 0 Å². The molecule has 0 spiro atoms. The van der Waals surface area contributed by atoms with Gasteiger partial charge in [-0.15, -0.1) is 12.4 Å². The van der Waals surface area contributed by atoms with Crippen molar-refractivity contribution in [2.45, 2.75) is 31.7 Å². The molecule has 118 valence electrons. The maximum Gasteiger partial charge on any atom is 0.223 e. The molecule has 3 N–H and O–H groups in total. The first-order valence-corrected chi connectivity index (χ1v) is 7.86. The zero-order valence-corrected chi connectivity index (χ0v) is 14.3. The normalized spacial score (nSPS) is 20.7. The third kappa shape index (κ3) is 5.49. The number of nitrogens with one attached hydrogen (secondary N) is 1. The molecule has 2 rings (SSSR count). The summed E-state index contributed by atoms with van der Waals surface area (Å²) in [5.41, 5.74) is 5.71. The highest BCUT2D eigenvalue weighted by Gasteiger charge is 2.27. The van der Waals surface area contributed by atoms with E-state index in [-0.39, 0.29) is 24.4 Å². The maximum atomic E-state index is 11.9. The van der Waals surface area contributed by atoms with Gasteiger partial charge in [0.1, 0.15) is 5.75 Å². The van der Waals surface area contributed by atoms with E-state index in [4.69, 9.17) is 10.5 Å². The summed E-state index contributed by atoms with van der Waals surface area (Å²) in [6, 6.07) is 7.88. The van der Waals surface area contributed by atoms with Gasteiger partial charge in [0.2, 0.25) is 5.91 Å². The molecule has 2 atom stereocenters. The highest BCUT2D eigenvalue weighted by Crippen LogP contribution is 2.25. The van der Waals surface area contributed by atoms with Gasteiger partial charge in [0.25, 0.3) is 0 Å². The molecule has 6 heteroatoms. The lowest BCUT2D eigenvalue weighted by molar-refractivity contribution is -0.122. The molecule has 2 unspecified atom stereocenters. The number of benzene rings is 1. The van der Waals surface area contributed by atoms with E-state index in [1.165, 1.54) is 0 Å². The van der Waals surface area contributed by atoms with Crippen molar-refractivity contribution in [1.82, 2.24) is 5.32 Å². The standard InChI is InChI=1S/C15H21BrN2O2.ClH/c16-12-5-1-2-7-14(12)20-9-8-15(19)18-13-6-3-4-11(13)10-17;/h1-2,5,7,11,13H,3-4,6,8-10,17H2,(H,18,19);1H. The van der Waals surface area contributed by atoms with Crippen LogP contribution in [0.3, 0.4) is 0 Å². The molecular formula is C15H22BrClN2O2. The van der Waals surface area contributed by atoms with Crippen molar-refractivity contribution in [3.8, 4) is 5.75 Å². The highest BCUT2D eigenvalue weighted by molar-refractivity contribution is 9.10. The number of hydrogen-bond donors (Lipinski definition) is 2. The van der Waals surface area contributed by atoms with E-state index in [0.29, 0.717) is 25.5 Å². The molecule has 0 aromatic heterocycles. The van der Waals surface area contributed by atoms with Gasteiger partial charge in [-0.1, -0.05) is 18.6 Å². The lowest BCUT2D eigenvalue weighted by Crippen LogP contribution is -2.40. The smallest absolute Gasteiger partial charge is 0.223 e. The van der Waals surface area contributed by atoms with E-state index in [0.717, 1.165) is 29.5 Å². The molecule has 1 aliphatic carbocycles. The van der Waals surface area contributed by atoms with Crippen molar-refractivity contribution in [3.63, 3.8) is 0 Å². The van der Waals surface area contributed by atoms with Crippen LogP contribution in [0.1, 0.15) is 25.7 Å². The van der Waals surface area contributed by atoms with Crippen molar-refractivity contribution in [2.75, 3.05) is 13.2 Å². The second-order valence-corrected chi connectivity index (χ2v) is 5.98. The van der Waals surface area contributed by atoms with Gasteiger partial charge >= 0.3 is 0 Å². The summed E-state index contributed by atoms with van der Waals surface area (Å²) in [6.45, 7) is 1.03. The Morgan fingerprint density at radius 3 is 2.86 bits per heavy atom. The molecule has 1 aromatic rings. The minimum absolute atomic E-state index is 0. The predicted molar refractivity (Wildman–Crippen MR) is 89.8 cm³/mol. The Kier molecular flexibility index (Phi) is 8.07. The summed E-state index contributed by atoms with van der Waals surface area (Å²) in [5, 5.41) is 3.07. The van der Waals surface area contributed by atoms with Gasteiger partial charge in [0.05, 0.1) is 17.5 Å². The topological polar surface area (TPSA) is 64.3 Å². The average molecular weight is 378 g/mol. The quantitative estimate of drug-likeness (QED) is 0.801. The van der Waals surface area contributed by atoms with Crippen LogP contribution in [0.25, 0.3) is 0 Å². The first kappa shape index (κ1) is 18.3. The molecule has 0 heterocycles. The molecule has 0 aliphatic heterocycles. The van der Waals surface area contributed by atoms with Crippen LogP contribution in [0, 0.1) is 5.92 Å². The van der Waals surface area contributed by atoms with Gasteiger partial charge in [0, 0.05) is 6.04 Å². The number of carbonyl (C=O) groups excluding carboxylic acids is 1. The molecule has 1 fully saturated rings. The highest BCUT2D eigenvalue weighted by atomic mass is 79.9. The van der Waals surface area contributed by atoms with Crippen LogP contribution in [0.5, 0.6) is 5.75 Å². The van der Waals surface area contributed by atoms with Gasteiger partial charge in [-0.3, -0.25) is 4.79 Å². The summed E-state index contributed by atoms with van der Waals surface area (Å²) in [6.07, 6.45) is 3.68. The Morgan fingerprint density at radius 1 is 1.38 bits per heavy atom. The van der Waals surface area contributed by atoms with Gasteiger partial charge in [-0.05, 0) is 53.4 Å². The lowest BCUT2D eigenvalue weighted by Gasteiger charge is -2.19. The number of halogens is 2. The second kappa shape index (κ2) is 9.28. The molecule has 4 nitrogen and oxygen atoms in total. The zero-order valence-electron chi connectivity index (χ0n) is 11.9. The summed E-state index contributed by atoms with van der Waals surface area (Å²) < 4.78 is 6.49. The first-order chi connectivity index (χ1) is 9.70. The van der Waals surface area contributed by atoms with Crippen molar-refractivity contribution in [2.24, 2.45) is 11.7 Å². The van der Waals surface area contributed by atoms with E-state index in [1.807, 2.05) is 24.3 Å². The van der Waals surface area contributed by atoms with Crippen LogP contribution in [-0.2, 0) is 4.79 Å². The minimum Gasteiger partial charge on any atom is -0.492 e. The van der Waals surface area contributed by atoms with Crippen molar-refractivity contribution >= 4 is 34.2 Å². The number of rotatable bonds is 6. The van der Waals surface area contributed by atoms with Crippen molar-refractivity contribution in [3.05, 3.63) is 28.7 Å².